The minimum Gasteiger partial charge on any atom is -0.481 e. The van der Waals surface area contributed by atoms with Crippen LogP contribution in [0.25, 0.3) is 0 Å². The Kier molecular flexibility index (Phi) is 6.99. The van der Waals surface area contributed by atoms with Crippen molar-refractivity contribution >= 4 is 12.0 Å². The summed E-state index contributed by atoms with van der Waals surface area (Å²) in [5.41, 5.74) is -0.846. The van der Waals surface area contributed by atoms with Crippen LogP contribution in [0.2, 0.25) is 0 Å². The average Bonchev–Trinajstić information content (AvgIpc) is 2.50. The molecule has 0 saturated heterocycles. The minimum absolute atomic E-state index is 0.114. The fourth-order valence-corrected chi connectivity index (χ4v) is 3.18. The number of urea groups is 1. The summed E-state index contributed by atoms with van der Waals surface area (Å²) in [5, 5.41) is 12.3. The quantitative estimate of drug-likeness (QED) is 0.758. The normalized spacial score (nSPS) is 16.5. The van der Waals surface area contributed by atoms with Crippen LogP contribution in [0.1, 0.15) is 65.7 Å². The van der Waals surface area contributed by atoms with Crippen LogP contribution in [-0.2, 0) is 4.79 Å². The second kappa shape index (κ2) is 8.25. The molecule has 0 unspecified atom stereocenters. The van der Waals surface area contributed by atoms with Crippen molar-refractivity contribution < 1.29 is 14.7 Å². The van der Waals surface area contributed by atoms with Gasteiger partial charge >= 0.3 is 12.0 Å². The van der Waals surface area contributed by atoms with Gasteiger partial charge in [0.15, 0.2) is 0 Å². The van der Waals surface area contributed by atoms with Gasteiger partial charge in [0.2, 0.25) is 0 Å². The highest BCUT2D eigenvalue weighted by Gasteiger charge is 2.36. The van der Waals surface area contributed by atoms with Gasteiger partial charge in [-0.3, -0.25) is 4.79 Å². The lowest BCUT2D eigenvalue weighted by Crippen LogP contribution is -2.50. The molecule has 1 rings (SSSR count). The zero-order valence-electron chi connectivity index (χ0n) is 13.7. The maximum atomic E-state index is 12.4. The van der Waals surface area contributed by atoms with Crippen LogP contribution >= 0.6 is 0 Å². The average molecular weight is 298 g/mol. The molecule has 0 atom stereocenters. The molecule has 1 aliphatic rings. The Balaban J connectivity index is 2.63. The van der Waals surface area contributed by atoms with E-state index in [4.69, 9.17) is 0 Å². The van der Waals surface area contributed by atoms with Gasteiger partial charge in [0.25, 0.3) is 0 Å². The number of carbonyl (C=O) groups excluding carboxylic acids is 1. The van der Waals surface area contributed by atoms with Crippen molar-refractivity contribution in [2.75, 3.05) is 13.1 Å². The topological polar surface area (TPSA) is 69.6 Å². The molecule has 5 nitrogen and oxygen atoms in total. The summed E-state index contributed by atoms with van der Waals surface area (Å²) in [4.78, 5) is 25.7. The van der Waals surface area contributed by atoms with Crippen molar-refractivity contribution in [3.8, 4) is 0 Å². The summed E-state index contributed by atoms with van der Waals surface area (Å²) in [6, 6.07) is 0.197. The molecule has 5 heteroatoms. The Morgan fingerprint density at radius 2 is 1.71 bits per heavy atom. The number of nitrogens with zero attached hydrogens (tertiary/aromatic N) is 1. The number of carbonyl (C=O) groups is 2. The Hall–Kier alpha value is -1.26. The Morgan fingerprint density at radius 1 is 1.14 bits per heavy atom. The SMILES string of the molecule is CCN(C(=O)NCC(CC)(CC)C(=O)O)C1CCCCC1. The van der Waals surface area contributed by atoms with E-state index in [1.165, 1.54) is 19.3 Å². The van der Waals surface area contributed by atoms with Crippen molar-refractivity contribution in [3.63, 3.8) is 0 Å². The first-order chi connectivity index (χ1) is 10.0. The monoisotopic (exact) mass is 298 g/mol. The first-order valence-corrected chi connectivity index (χ1v) is 8.28. The molecule has 0 spiro atoms. The van der Waals surface area contributed by atoms with Crippen LogP contribution in [0.4, 0.5) is 4.79 Å². The predicted octanol–water partition coefficient (Wildman–Crippen LogP) is 3.24. The standard InChI is InChI=1S/C16H30N2O3/c1-4-16(5-2,14(19)20)12-17-15(21)18(6-3)13-10-8-7-9-11-13/h13H,4-12H2,1-3H3,(H,17,21)(H,19,20). The number of nitrogens with one attached hydrogen (secondary N) is 1. The second-order valence-electron chi connectivity index (χ2n) is 6.03. The Morgan fingerprint density at radius 3 is 2.14 bits per heavy atom. The lowest BCUT2D eigenvalue weighted by atomic mass is 9.82. The van der Waals surface area contributed by atoms with Gasteiger partial charge in [0.1, 0.15) is 0 Å². The molecule has 2 amide bonds. The third kappa shape index (κ3) is 4.35. The molecule has 0 aromatic carbocycles. The molecular formula is C16H30N2O3. The smallest absolute Gasteiger partial charge is 0.317 e. The van der Waals surface area contributed by atoms with E-state index < -0.39 is 11.4 Å². The van der Waals surface area contributed by atoms with E-state index in [-0.39, 0.29) is 12.6 Å². The number of rotatable bonds is 7. The van der Waals surface area contributed by atoms with E-state index in [9.17, 15) is 14.7 Å². The summed E-state index contributed by atoms with van der Waals surface area (Å²) >= 11 is 0. The fourth-order valence-electron chi connectivity index (χ4n) is 3.18. The lowest BCUT2D eigenvalue weighted by molar-refractivity contribution is -0.149. The third-order valence-electron chi connectivity index (χ3n) is 5.00. The molecule has 1 aliphatic carbocycles. The van der Waals surface area contributed by atoms with Crippen molar-refractivity contribution in [2.24, 2.45) is 5.41 Å². The summed E-state index contributed by atoms with van der Waals surface area (Å²) in [6.45, 7) is 6.59. The van der Waals surface area contributed by atoms with Gasteiger partial charge in [-0.1, -0.05) is 33.1 Å². The molecule has 0 radical (unpaired) electrons. The van der Waals surface area contributed by atoms with E-state index in [1.807, 2.05) is 25.7 Å². The molecule has 122 valence electrons. The summed E-state index contributed by atoms with van der Waals surface area (Å²) in [6.07, 6.45) is 6.78. The zero-order chi connectivity index (χ0) is 15.9. The van der Waals surface area contributed by atoms with Crippen molar-refractivity contribution in [2.45, 2.75) is 71.8 Å². The van der Waals surface area contributed by atoms with Crippen LogP contribution in [0.15, 0.2) is 0 Å². The van der Waals surface area contributed by atoms with Gasteiger partial charge in [-0.25, -0.2) is 4.79 Å². The number of carboxylic acid groups (broad SMARTS) is 1. The zero-order valence-corrected chi connectivity index (χ0v) is 13.7. The molecule has 0 bridgehead atoms. The predicted molar refractivity (Wildman–Crippen MR) is 83.3 cm³/mol. The maximum Gasteiger partial charge on any atom is 0.317 e. The van der Waals surface area contributed by atoms with Gasteiger partial charge in [-0.15, -0.1) is 0 Å². The number of hydrogen-bond donors (Lipinski definition) is 2. The van der Waals surface area contributed by atoms with Crippen LogP contribution < -0.4 is 5.32 Å². The summed E-state index contributed by atoms with van der Waals surface area (Å²) in [5.74, 6) is -0.825. The van der Waals surface area contributed by atoms with Gasteiger partial charge < -0.3 is 15.3 Å². The van der Waals surface area contributed by atoms with E-state index >= 15 is 0 Å². The van der Waals surface area contributed by atoms with E-state index in [2.05, 4.69) is 5.32 Å². The van der Waals surface area contributed by atoms with E-state index in [1.54, 1.807) is 0 Å². The molecule has 0 aromatic rings. The first-order valence-electron chi connectivity index (χ1n) is 8.28. The highest BCUT2D eigenvalue weighted by atomic mass is 16.4. The van der Waals surface area contributed by atoms with E-state index in [0.717, 1.165) is 12.8 Å². The van der Waals surface area contributed by atoms with Gasteiger partial charge in [0, 0.05) is 19.1 Å². The van der Waals surface area contributed by atoms with Gasteiger partial charge in [-0.05, 0) is 32.6 Å². The van der Waals surface area contributed by atoms with Gasteiger partial charge in [0.05, 0.1) is 5.41 Å². The van der Waals surface area contributed by atoms with Crippen LogP contribution in [0.3, 0.4) is 0 Å². The largest absolute Gasteiger partial charge is 0.481 e. The molecule has 0 aromatic heterocycles. The van der Waals surface area contributed by atoms with Crippen LogP contribution in [0.5, 0.6) is 0 Å². The minimum atomic E-state index is -0.846. The van der Waals surface area contributed by atoms with Crippen molar-refractivity contribution in [1.29, 1.82) is 0 Å². The Bertz CT molecular complexity index is 347. The maximum absolute atomic E-state index is 12.4. The molecule has 1 fully saturated rings. The summed E-state index contributed by atoms with van der Waals surface area (Å²) < 4.78 is 0. The number of hydrogen-bond acceptors (Lipinski definition) is 2. The van der Waals surface area contributed by atoms with Crippen LogP contribution in [0, 0.1) is 5.41 Å². The van der Waals surface area contributed by atoms with Gasteiger partial charge in [-0.2, -0.15) is 0 Å². The number of aliphatic carboxylic acids is 1. The molecular weight excluding hydrogens is 268 g/mol. The third-order valence-corrected chi connectivity index (χ3v) is 5.00. The second-order valence-corrected chi connectivity index (χ2v) is 6.03. The Labute approximate surface area is 128 Å². The van der Waals surface area contributed by atoms with Crippen molar-refractivity contribution in [1.82, 2.24) is 10.2 Å². The van der Waals surface area contributed by atoms with E-state index in [0.29, 0.717) is 25.4 Å². The molecule has 0 heterocycles. The molecule has 0 aliphatic heterocycles. The number of amides is 2. The summed E-state index contributed by atoms with van der Waals surface area (Å²) in [7, 11) is 0. The van der Waals surface area contributed by atoms with Crippen molar-refractivity contribution in [3.05, 3.63) is 0 Å². The lowest BCUT2D eigenvalue weighted by Gasteiger charge is -2.35. The fraction of sp³-hybridized carbons (Fsp3) is 0.875. The highest BCUT2D eigenvalue weighted by molar-refractivity contribution is 5.78. The first kappa shape index (κ1) is 17.8. The number of carboxylic acids is 1. The molecule has 2 N–H and O–H groups in total. The highest BCUT2D eigenvalue weighted by Crippen LogP contribution is 2.26. The molecule has 1 saturated carbocycles. The molecule has 21 heavy (non-hydrogen) atoms. The van der Waals surface area contributed by atoms with Crippen LogP contribution in [-0.4, -0.2) is 41.1 Å².